The summed E-state index contributed by atoms with van der Waals surface area (Å²) in [7, 11) is 2.00. The van der Waals surface area contributed by atoms with Gasteiger partial charge in [0.2, 0.25) is 0 Å². The fourth-order valence-corrected chi connectivity index (χ4v) is 1.94. The predicted molar refractivity (Wildman–Crippen MR) is 78.5 cm³/mol. The molecule has 0 amide bonds. The van der Waals surface area contributed by atoms with E-state index in [0.29, 0.717) is 18.5 Å². The molecular weight excluding hydrogens is 238 g/mol. The molecule has 4 nitrogen and oxygen atoms in total. The molecule has 1 aliphatic rings. The highest BCUT2D eigenvalue weighted by Gasteiger charge is 2.27. The summed E-state index contributed by atoms with van der Waals surface area (Å²) in [5.41, 5.74) is 7.14. The third-order valence-electron chi connectivity index (χ3n) is 3.29. The van der Waals surface area contributed by atoms with Crippen LogP contribution in [-0.4, -0.2) is 36.6 Å². The Morgan fingerprint density at radius 1 is 1.53 bits per heavy atom. The van der Waals surface area contributed by atoms with Gasteiger partial charge in [-0.2, -0.15) is 0 Å². The van der Waals surface area contributed by atoms with Crippen molar-refractivity contribution in [1.82, 2.24) is 4.90 Å². The molecule has 1 atom stereocenters. The molecule has 0 bridgehead atoms. The smallest absolute Gasteiger partial charge is 0.191 e. The van der Waals surface area contributed by atoms with E-state index in [4.69, 9.17) is 10.5 Å². The van der Waals surface area contributed by atoms with E-state index in [2.05, 4.69) is 22.9 Å². The molecule has 0 spiro atoms. The van der Waals surface area contributed by atoms with Gasteiger partial charge in [0.15, 0.2) is 5.96 Å². The van der Waals surface area contributed by atoms with Gasteiger partial charge in [-0.3, -0.25) is 0 Å². The Hall–Kier alpha value is -1.71. The molecule has 1 aromatic rings. The quantitative estimate of drug-likeness (QED) is 0.653. The molecule has 0 aliphatic heterocycles. The maximum Gasteiger partial charge on any atom is 0.191 e. The number of rotatable bonds is 5. The summed E-state index contributed by atoms with van der Waals surface area (Å²) in [6.07, 6.45) is 2.47. The van der Waals surface area contributed by atoms with Crippen LogP contribution in [0.25, 0.3) is 0 Å². The lowest BCUT2D eigenvalue weighted by atomic mass is 10.2. The lowest BCUT2D eigenvalue weighted by Crippen LogP contribution is -2.36. The average Bonchev–Trinajstić information content (AvgIpc) is 3.19. The van der Waals surface area contributed by atoms with Crippen LogP contribution < -0.4 is 10.5 Å². The van der Waals surface area contributed by atoms with Gasteiger partial charge in [-0.1, -0.05) is 12.1 Å². The normalized spacial score (nSPS) is 17.1. The van der Waals surface area contributed by atoms with E-state index in [1.807, 2.05) is 32.2 Å². The second kappa shape index (κ2) is 5.95. The monoisotopic (exact) mass is 261 g/mol. The van der Waals surface area contributed by atoms with Gasteiger partial charge in [0.25, 0.3) is 0 Å². The SMILES string of the molecule is Cc1cccc(OC(C)CN=C(N)N(C)C2CC2)c1. The molecular formula is C15H23N3O. The van der Waals surface area contributed by atoms with Gasteiger partial charge in [0.1, 0.15) is 11.9 Å². The van der Waals surface area contributed by atoms with Gasteiger partial charge >= 0.3 is 0 Å². The molecule has 1 aliphatic carbocycles. The number of nitrogens with two attached hydrogens (primary N) is 1. The highest BCUT2D eigenvalue weighted by Crippen LogP contribution is 2.24. The first-order valence-corrected chi connectivity index (χ1v) is 6.82. The average molecular weight is 261 g/mol. The van der Waals surface area contributed by atoms with Crippen molar-refractivity contribution in [2.24, 2.45) is 10.7 Å². The summed E-state index contributed by atoms with van der Waals surface area (Å²) in [4.78, 5) is 6.45. The Morgan fingerprint density at radius 2 is 2.26 bits per heavy atom. The summed E-state index contributed by atoms with van der Waals surface area (Å²) in [5, 5.41) is 0. The zero-order valence-electron chi connectivity index (χ0n) is 12.0. The van der Waals surface area contributed by atoms with Crippen LogP contribution in [0.15, 0.2) is 29.3 Å². The van der Waals surface area contributed by atoms with Crippen LogP contribution in [0.1, 0.15) is 25.3 Å². The van der Waals surface area contributed by atoms with E-state index in [-0.39, 0.29) is 6.10 Å². The van der Waals surface area contributed by atoms with Gasteiger partial charge in [-0.25, -0.2) is 4.99 Å². The number of hydrogen-bond donors (Lipinski definition) is 1. The first-order chi connectivity index (χ1) is 9.06. The van der Waals surface area contributed by atoms with Crippen molar-refractivity contribution < 1.29 is 4.74 Å². The van der Waals surface area contributed by atoms with Crippen LogP contribution in [0.5, 0.6) is 5.75 Å². The molecule has 104 valence electrons. The number of hydrogen-bond acceptors (Lipinski definition) is 2. The number of nitrogens with zero attached hydrogens (tertiary/aromatic N) is 2. The minimum atomic E-state index is 0.0213. The van der Waals surface area contributed by atoms with Crippen LogP contribution in [0, 0.1) is 6.92 Å². The molecule has 0 aromatic heterocycles. The van der Waals surface area contributed by atoms with Crippen LogP contribution in [-0.2, 0) is 0 Å². The predicted octanol–water partition coefficient (Wildman–Crippen LogP) is 2.17. The number of aliphatic imine (C=N–C) groups is 1. The Bertz CT molecular complexity index is 454. The van der Waals surface area contributed by atoms with E-state index < -0.39 is 0 Å². The summed E-state index contributed by atoms with van der Waals surface area (Å²) < 4.78 is 5.82. The molecule has 0 saturated heterocycles. The number of guanidine groups is 1. The van der Waals surface area contributed by atoms with Crippen molar-refractivity contribution in [3.05, 3.63) is 29.8 Å². The molecule has 1 unspecified atom stereocenters. The molecule has 1 aromatic carbocycles. The maximum absolute atomic E-state index is 5.94. The lowest BCUT2D eigenvalue weighted by molar-refractivity contribution is 0.229. The molecule has 1 fully saturated rings. The van der Waals surface area contributed by atoms with Crippen molar-refractivity contribution in [1.29, 1.82) is 0 Å². The van der Waals surface area contributed by atoms with Gasteiger partial charge < -0.3 is 15.4 Å². The Labute approximate surface area is 115 Å². The van der Waals surface area contributed by atoms with Crippen molar-refractivity contribution in [3.8, 4) is 5.75 Å². The number of aryl methyl sites for hydroxylation is 1. The van der Waals surface area contributed by atoms with Crippen molar-refractivity contribution >= 4 is 5.96 Å². The fraction of sp³-hybridized carbons (Fsp3) is 0.533. The van der Waals surface area contributed by atoms with E-state index in [1.165, 1.54) is 18.4 Å². The fourth-order valence-electron chi connectivity index (χ4n) is 1.94. The van der Waals surface area contributed by atoms with Gasteiger partial charge in [0.05, 0.1) is 6.54 Å². The summed E-state index contributed by atoms with van der Waals surface area (Å²) >= 11 is 0. The van der Waals surface area contributed by atoms with E-state index >= 15 is 0 Å². The molecule has 0 heterocycles. The van der Waals surface area contributed by atoms with E-state index in [0.717, 1.165) is 5.75 Å². The first kappa shape index (κ1) is 13.7. The maximum atomic E-state index is 5.94. The minimum absolute atomic E-state index is 0.0213. The molecule has 19 heavy (non-hydrogen) atoms. The van der Waals surface area contributed by atoms with Crippen LogP contribution in [0.2, 0.25) is 0 Å². The van der Waals surface area contributed by atoms with Gasteiger partial charge in [0, 0.05) is 13.1 Å². The topological polar surface area (TPSA) is 50.9 Å². The van der Waals surface area contributed by atoms with Crippen molar-refractivity contribution in [3.63, 3.8) is 0 Å². The van der Waals surface area contributed by atoms with Crippen molar-refractivity contribution in [2.75, 3.05) is 13.6 Å². The summed E-state index contributed by atoms with van der Waals surface area (Å²) in [6, 6.07) is 8.64. The molecule has 2 N–H and O–H groups in total. The van der Waals surface area contributed by atoms with Crippen molar-refractivity contribution in [2.45, 2.75) is 38.8 Å². The zero-order valence-corrected chi connectivity index (χ0v) is 12.0. The second-order valence-corrected chi connectivity index (χ2v) is 5.29. The van der Waals surface area contributed by atoms with Crippen LogP contribution >= 0.6 is 0 Å². The van der Waals surface area contributed by atoms with Gasteiger partial charge in [-0.15, -0.1) is 0 Å². The number of ether oxygens (including phenoxy) is 1. The van der Waals surface area contributed by atoms with Crippen LogP contribution in [0.3, 0.4) is 0 Å². The second-order valence-electron chi connectivity index (χ2n) is 5.29. The van der Waals surface area contributed by atoms with Gasteiger partial charge in [-0.05, 0) is 44.4 Å². The van der Waals surface area contributed by atoms with E-state index in [9.17, 15) is 0 Å². The van der Waals surface area contributed by atoms with Crippen LogP contribution in [0.4, 0.5) is 0 Å². The molecule has 4 heteroatoms. The minimum Gasteiger partial charge on any atom is -0.489 e. The Balaban J connectivity index is 1.83. The number of benzene rings is 1. The highest BCUT2D eigenvalue weighted by molar-refractivity contribution is 5.78. The third-order valence-corrected chi connectivity index (χ3v) is 3.29. The highest BCUT2D eigenvalue weighted by atomic mass is 16.5. The zero-order chi connectivity index (χ0) is 13.8. The Kier molecular flexibility index (Phi) is 4.30. The molecule has 1 saturated carbocycles. The summed E-state index contributed by atoms with van der Waals surface area (Å²) in [6.45, 7) is 4.64. The largest absolute Gasteiger partial charge is 0.489 e. The molecule has 0 radical (unpaired) electrons. The standard InChI is InChI=1S/C15H23N3O/c1-11-5-4-6-14(9-11)19-12(2)10-17-15(16)18(3)13-7-8-13/h4-6,9,12-13H,7-8,10H2,1-3H3,(H2,16,17). The van der Waals surface area contributed by atoms with E-state index in [1.54, 1.807) is 0 Å². The summed E-state index contributed by atoms with van der Waals surface area (Å²) in [5.74, 6) is 1.50. The lowest BCUT2D eigenvalue weighted by Gasteiger charge is -2.18. The first-order valence-electron chi connectivity index (χ1n) is 6.82. The third kappa shape index (κ3) is 4.16. The Morgan fingerprint density at radius 3 is 2.89 bits per heavy atom. The molecule has 2 rings (SSSR count).